The number of hydrogen-bond acceptors (Lipinski definition) is 5. The predicted octanol–water partition coefficient (Wildman–Crippen LogP) is 3.60. The molecule has 5 aliphatic rings. The zero-order valence-electron chi connectivity index (χ0n) is 22.1. The molecule has 3 saturated heterocycles. The van der Waals surface area contributed by atoms with Crippen LogP contribution in [0.25, 0.3) is 11.1 Å². The number of amides is 3. The van der Waals surface area contributed by atoms with Crippen molar-refractivity contribution in [3.05, 3.63) is 58.1 Å². The standard InChI is InChI=1S/C30H29BrF2N4O4/c31-17-7-9-21-20-5-1-2-6-22(20)30(41,24(21)13-17)28(40)37-19-8-10-23(29(32,33)14-19)25(37)27(39)36-18(15-34)12-16-4-3-11-35-26(16)38/h1-2,5-7,9,13,16,18-19,23,25,41H,3-4,8,10-12,14H2,(H,35,38)(H,36,39)/t16-,18+,19+,23+,25+,30+/m1/s1. The highest BCUT2D eigenvalue weighted by Crippen LogP contribution is 2.54. The summed E-state index contributed by atoms with van der Waals surface area (Å²) in [5.74, 6) is -7.09. The van der Waals surface area contributed by atoms with E-state index in [1.165, 1.54) is 0 Å². The van der Waals surface area contributed by atoms with Crippen molar-refractivity contribution in [2.24, 2.45) is 11.8 Å². The Bertz CT molecular complexity index is 1480. The molecular weight excluding hydrogens is 598 g/mol. The first kappa shape index (κ1) is 27.8. The van der Waals surface area contributed by atoms with Gasteiger partial charge in [-0.2, -0.15) is 5.26 Å². The molecule has 3 amide bonds. The number of aliphatic hydroxyl groups is 1. The number of fused-ring (bicyclic) bond motifs is 6. The second-order valence-corrected chi connectivity index (χ2v) is 12.4. The fourth-order valence-corrected chi connectivity index (χ4v) is 7.55. The Balaban J connectivity index is 1.36. The van der Waals surface area contributed by atoms with E-state index in [1.54, 1.807) is 42.5 Å². The van der Waals surface area contributed by atoms with Crippen molar-refractivity contribution >= 4 is 33.7 Å². The topological polar surface area (TPSA) is 123 Å². The van der Waals surface area contributed by atoms with Crippen molar-refractivity contribution in [1.29, 1.82) is 5.26 Å². The summed E-state index contributed by atoms with van der Waals surface area (Å²) in [4.78, 5) is 41.7. The maximum atomic E-state index is 15.3. The van der Waals surface area contributed by atoms with Crippen LogP contribution < -0.4 is 10.6 Å². The van der Waals surface area contributed by atoms with Crippen molar-refractivity contribution in [1.82, 2.24) is 15.5 Å². The molecule has 2 bridgehead atoms. The Hall–Kier alpha value is -3.36. The molecule has 3 heterocycles. The van der Waals surface area contributed by atoms with E-state index in [0.29, 0.717) is 39.7 Å². The van der Waals surface area contributed by atoms with Gasteiger partial charge in [-0.25, -0.2) is 8.78 Å². The Labute approximate surface area is 244 Å². The molecule has 2 aromatic carbocycles. The number of nitrogens with one attached hydrogen (secondary N) is 2. The molecule has 0 aromatic heterocycles. The fraction of sp³-hybridized carbons (Fsp3) is 0.467. The van der Waals surface area contributed by atoms with E-state index in [-0.39, 0.29) is 25.2 Å². The Morgan fingerprint density at radius 3 is 2.66 bits per heavy atom. The highest BCUT2D eigenvalue weighted by molar-refractivity contribution is 9.10. The molecule has 2 aliphatic carbocycles. The maximum Gasteiger partial charge on any atom is 0.264 e. The van der Waals surface area contributed by atoms with Crippen LogP contribution in [0.1, 0.15) is 49.7 Å². The van der Waals surface area contributed by atoms with Crippen molar-refractivity contribution in [3.8, 4) is 17.2 Å². The largest absolute Gasteiger partial charge is 0.372 e. The lowest BCUT2D eigenvalue weighted by molar-refractivity contribution is -0.201. The van der Waals surface area contributed by atoms with Crippen LogP contribution in [0, 0.1) is 23.2 Å². The van der Waals surface area contributed by atoms with E-state index in [2.05, 4.69) is 26.6 Å². The van der Waals surface area contributed by atoms with Gasteiger partial charge in [0.25, 0.3) is 11.8 Å². The van der Waals surface area contributed by atoms with Gasteiger partial charge >= 0.3 is 0 Å². The summed E-state index contributed by atoms with van der Waals surface area (Å²) in [7, 11) is 0. The summed E-state index contributed by atoms with van der Waals surface area (Å²) < 4.78 is 31.2. The normalized spacial score (nSPS) is 30.0. The lowest BCUT2D eigenvalue weighted by atomic mass is 9.70. The highest BCUT2D eigenvalue weighted by Gasteiger charge is 2.63. The molecule has 0 unspecified atom stereocenters. The van der Waals surface area contributed by atoms with E-state index in [4.69, 9.17) is 0 Å². The summed E-state index contributed by atoms with van der Waals surface area (Å²) in [6.07, 6.45) is 1.01. The Morgan fingerprint density at radius 1 is 1.17 bits per heavy atom. The van der Waals surface area contributed by atoms with Gasteiger partial charge in [-0.15, -0.1) is 0 Å². The number of halogens is 3. The number of hydrogen-bond donors (Lipinski definition) is 3. The van der Waals surface area contributed by atoms with Crippen LogP contribution in [0.2, 0.25) is 0 Å². The molecule has 3 N–H and O–H groups in total. The first-order chi connectivity index (χ1) is 19.6. The van der Waals surface area contributed by atoms with E-state index in [1.807, 2.05) is 6.07 Å². The lowest BCUT2D eigenvalue weighted by Gasteiger charge is -2.54. The van der Waals surface area contributed by atoms with Gasteiger partial charge < -0.3 is 20.6 Å². The number of piperidine rings is 3. The summed E-state index contributed by atoms with van der Waals surface area (Å²) in [5.41, 5.74) is -0.277. The first-order valence-electron chi connectivity index (χ1n) is 13.9. The molecule has 1 saturated carbocycles. The third-order valence-corrected chi connectivity index (χ3v) is 9.61. The van der Waals surface area contributed by atoms with Gasteiger partial charge in [0.2, 0.25) is 11.8 Å². The van der Waals surface area contributed by atoms with Crippen LogP contribution >= 0.6 is 15.9 Å². The number of nitrogens with zero attached hydrogens (tertiary/aromatic N) is 2. The zero-order chi connectivity index (χ0) is 29.1. The minimum atomic E-state index is -3.20. The summed E-state index contributed by atoms with van der Waals surface area (Å²) >= 11 is 3.41. The summed E-state index contributed by atoms with van der Waals surface area (Å²) in [6, 6.07) is 10.4. The average molecular weight is 627 g/mol. The summed E-state index contributed by atoms with van der Waals surface area (Å²) in [6.45, 7) is 0.544. The molecule has 6 atom stereocenters. The molecule has 7 rings (SSSR count). The van der Waals surface area contributed by atoms with E-state index < -0.39 is 59.7 Å². The Kier molecular flexibility index (Phi) is 6.90. The van der Waals surface area contributed by atoms with Gasteiger partial charge in [0.1, 0.15) is 12.1 Å². The van der Waals surface area contributed by atoms with Crippen LogP contribution in [0.4, 0.5) is 8.78 Å². The summed E-state index contributed by atoms with van der Waals surface area (Å²) in [5, 5.41) is 27.3. The molecule has 41 heavy (non-hydrogen) atoms. The maximum absolute atomic E-state index is 15.3. The number of nitriles is 1. The number of carbonyl (C=O) groups excluding carboxylic acids is 3. The monoisotopic (exact) mass is 626 g/mol. The van der Waals surface area contributed by atoms with Gasteiger partial charge in [-0.3, -0.25) is 14.4 Å². The van der Waals surface area contributed by atoms with Crippen molar-refractivity contribution in [3.63, 3.8) is 0 Å². The van der Waals surface area contributed by atoms with Gasteiger partial charge in [0, 0.05) is 40.5 Å². The Morgan fingerprint density at radius 2 is 1.93 bits per heavy atom. The smallest absolute Gasteiger partial charge is 0.264 e. The SMILES string of the molecule is N#C[C@H](C[C@H]1CCCNC1=O)NC(=O)[C@@H]1[C@@H]2CC[C@@H](CC2(F)F)N1C(=O)[C@]1(O)c2ccccc2-c2ccc(Br)cc21. The van der Waals surface area contributed by atoms with Crippen LogP contribution in [0.5, 0.6) is 0 Å². The minimum absolute atomic E-state index is 0.0267. The number of benzene rings is 2. The van der Waals surface area contributed by atoms with Gasteiger partial charge in [0.05, 0.1) is 12.0 Å². The van der Waals surface area contributed by atoms with Crippen molar-refractivity contribution in [2.75, 3.05) is 6.54 Å². The number of rotatable bonds is 5. The van der Waals surface area contributed by atoms with Gasteiger partial charge in [-0.1, -0.05) is 46.3 Å². The number of alkyl halides is 2. The fourth-order valence-electron chi connectivity index (χ4n) is 7.19. The van der Waals surface area contributed by atoms with Gasteiger partial charge in [0.15, 0.2) is 5.60 Å². The van der Waals surface area contributed by atoms with E-state index in [0.717, 1.165) is 11.3 Å². The number of carbonyl (C=O) groups is 3. The molecule has 8 nitrogen and oxygen atoms in total. The molecular formula is C30H29BrF2N4O4. The van der Waals surface area contributed by atoms with Crippen LogP contribution in [-0.2, 0) is 20.0 Å². The predicted molar refractivity (Wildman–Crippen MR) is 147 cm³/mol. The van der Waals surface area contributed by atoms with Crippen molar-refractivity contribution in [2.45, 2.75) is 68.2 Å². The van der Waals surface area contributed by atoms with Crippen LogP contribution in [0.15, 0.2) is 46.9 Å². The molecule has 0 spiro atoms. The quantitative estimate of drug-likeness (QED) is 0.468. The average Bonchev–Trinajstić information content (AvgIpc) is 3.21. The van der Waals surface area contributed by atoms with Gasteiger partial charge in [-0.05, 0) is 55.4 Å². The third-order valence-electron chi connectivity index (χ3n) is 9.12. The van der Waals surface area contributed by atoms with Crippen LogP contribution in [0.3, 0.4) is 0 Å². The first-order valence-corrected chi connectivity index (χ1v) is 14.7. The second-order valence-electron chi connectivity index (χ2n) is 11.5. The molecule has 11 heteroatoms. The minimum Gasteiger partial charge on any atom is -0.372 e. The van der Waals surface area contributed by atoms with Crippen LogP contribution in [-0.4, -0.2) is 58.3 Å². The molecule has 214 valence electrons. The molecule has 0 radical (unpaired) electrons. The second kappa shape index (κ2) is 10.2. The highest BCUT2D eigenvalue weighted by atomic mass is 79.9. The van der Waals surface area contributed by atoms with E-state index >= 15 is 8.78 Å². The molecule has 3 aliphatic heterocycles. The van der Waals surface area contributed by atoms with Crippen molar-refractivity contribution < 1.29 is 28.3 Å². The molecule has 4 fully saturated rings. The zero-order valence-corrected chi connectivity index (χ0v) is 23.7. The van der Waals surface area contributed by atoms with E-state index in [9.17, 15) is 24.8 Å². The third kappa shape index (κ3) is 4.43. The lowest BCUT2D eigenvalue weighted by Crippen LogP contribution is -2.70. The molecule has 2 aromatic rings.